The van der Waals surface area contributed by atoms with E-state index in [1.165, 1.54) is 38.5 Å². The third kappa shape index (κ3) is 3.84. The lowest BCUT2D eigenvalue weighted by atomic mass is 9.79. The average molecular weight is 281 g/mol. The summed E-state index contributed by atoms with van der Waals surface area (Å²) in [7, 11) is 1.87. The lowest BCUT2D eigenvalue weighted by Gasteiger charge is -2.44. The molecule has 0 radical (unpaired) electrons. The van der Waals surface area contributed by atoms with Gasteiger partial charge in [-0.15, -0.1) is 0 Å². The smallest absolute Gasteiger partial charge is 0.0913 e. The number of hydrogen-bond donors (Lipinski definition) is 1. The topological polar surface area (TPSA) is 30.5 Å². The molecule has 2 rings (SSSR count). The molecular formula is C17H31NO2. The molecule has 1 fully saturated rings. The molecule has 1 aliphatic carbocycles. The molecule has 0 spiro atoms. The zero-order valence-corrected chi connectivity index (χ0v) is 13.2. The number of likely N-dealkylation sites (N-methyl/N-ethyl adjacent to an activating group) is 1. The zero-order chi connectivity index (χ0) is 14.3. The number of ether oxygens (including phenoxy) is 2. The Kier molecular flexibility index (Phi) is 6.53. The lowest BCUT2D eigenvalue weighted by Crippen LogP contribution is -2.56. The Morgan fingerprint density at radius 2 is 2.00 bits per heavy atom. The van der Waals surface area contributed by atoms with Crippen molar-refractivity contribution in [2.24, 2.45) is 0 Å². The van der Waals surface area contributed by atoms with Crippen LogP contribution < -0.4 is 5.32 Å². The van der Waals surface area contributed by atoms with Gasteiger partial charge in [0.25, 0.3) is 0 Å². The van der Waals surface area contributed by atoms with Crippen molar-refractivity contribution in [3.63, 3.8) is 0 Å². The van der Waals surface area contributed by atoms with Gasteiger partial charge >= 0.3 is 0 Å². The number of nitrogens with one attached hydrogen (secondary N) is 1. The molecule has 0 aromatic rings. The van der Waals surface area contributed by atoms with Gasteiger partial charge in [0, 0.05) is 33.2 Å². The van der Waals surface area contributed by atoms with Crippen molar-refractivity contribution < 1.29 is 9.47 Å². The van der Waals surface area contributed by atoms with Crippen LogP contribution in [-0.4, -0.2) is 38.5 Å². The van der Waals surface area contributed by atoms with Crippen LogP contribution in [0.1, 0.15) is 58.3 Å². The van der Waals surface area contributed by atoms with Gasteiger partial charge in [-0.1, -0.05) is 31.4 Å². The normalized spacial score (nSPS) is 25.4. The molecule has 0 bridgehead atoms. The molecule has 0 aromatic carbocycles. The molecule has 1 heterocycles. The molecule has 1 aliphatic heterocycles. The van der Waals surface area contributed by atoms with E-state index in [4.69, 9.17) is 9.47 Å². The van der Waals surface area contributed by atoms with E-state index in [1.54, 1.807) is 5.57 Å². The van der Waals surface area contributed by atoms with Gasteiger partial charge in [0.1, 0.15) is 0 Å². The first-order chi connectivity index (χ1) is 9.82. The number of rotatable bonds is 5. The SMILES string of the molecule is CCNC(C1=CCCCCCC1)C1(OC)CCOCC1. The Morgan fingerprint density at radius 1 is 1.25 bits per heavy atom. The maximum atomic E-state index is 6.04. The number of methoxy groups -OCH3 is 1. The highest BCUT2D eigenvalue weighted by Gasteiger charge is 2.41. The Balaban J connectivity index is 2.18. The van der Waals surface area contributed by atoms with Crippen molar-refractivity contribution in [2.45, 2.75) is 69.9 Å². The lowest BCUT2D eigenvalue weighted by molar-refractivity contribution is -0.104. The quantitative estimate of drug-likeness (QED) is 0.783. The standard InChI is InChI=1S/C17H31NO2/c1-3-18-16(15-9-7-5-4-6-8-10-15)17(19-2)11-13-20-14-12-17/h9,16,18H,3-8,10-14H2,1-2H3. The monoisotopic (exact) mass is 281 g/mol. The van der Waals surface area contributed by atoms with Crippen LogP contribution in [0.2, 0.25) is 0 Å². The maximum absolute atomic E-state index is 6.04. The largest absolute Gasteiger partial charge is 0.381 e. The first-order valence-corrected chi connectivity index (χ1v) is 8.37. The molecular weight excluding hydrogens is 250 g/mol. The summed E-state index contributed by atoms with van der Waals surface area (Å²) in [5.74, 6) is 0. The van der Waals surface area contributed by atoms with E-state index in [0.29, 0.717) is 6.04 Å². The summed E-state index contributed by atoms with van der Waals surface area (Å²) >= 11 is 0. The number of allylic oxidation sites excluding steroid dienone is 1. The fourth-order valence-corrected chi connectivity index (χ4v) is 3.67. The molecule has 1 saturated heterocycles. The van der Waals surface area contributed by atoms with Crippen LogP contribution in [0.15, 0.2) is 11.6 Å². The third-order valence-electron chi connectivity index (χ3n) is 4.88. The predicted molar refractivity (Wildman–Crippen MR) is 83.0 cm³/mol. The molecule has 1 N–H and O–H groups in total. The van der Waals surface area contributed by atoms with Crippen LogP contribution in [0.5, 0.6) is 0 Å². The molecule has 0 amide bonds. The van der Waals surface area contributed by atoms with Crippen molar-refractivity contribution in [1.82, 2.24) is 5.32 Å². The molecule has 0 aromatic heterocycles. The minimum Gasteiger partial charge on any atom is -0.381 e. The third-order valence-corrected chi connectivity index (χ3v) is 4.88. The predicted octanol–water partition coefficient (Wildman–Crippen LogP) is 3.44. The van der Waals surface area contributed by atoms with Crippen LogP contribution in [0.25, 0.3) is 0 Å². The second kappa shape index (κ2) is 8.16. The van der Waals surface area contributed by atoms with Crippen molar-refractivity contribution >= 4 is 0 Å². The fourth-order valence-electron chi connectivity index (χ4n) is 3.67. The highest BCUT2D eigenvalue weighted by atomic mass is 16.5. The van der Waals surface area contributed by atoms with E-state index in [-0.39, 0.29) is 5.60 Å². The summed E-state index contributed by atoms with van der Waals surface area (Å²) in [4.78, 5) is 0. The van der Waals surface area contributed by atoms with Gasteiger partial charge in [0.15, 0.2) is 0 Å². The minimum absolute atomic E-state index is 0.0701. The van der Waals surface area contributed by atoms with Crippen molar-refractivity contribution in [3.8, 4) is 0 Å². The van der Waals surface area contributed by atoms with Gasteiger partial charge in [-0.3, -0.25) is 0 Å². The minimum atomic E-state index is -0.0701. The van der Waals surface area contributed by atoms with E-state index in [2.05, 4.69) is 18.3 Å². The Labute approximate surface area is 124 Å². The van der Waals surface area contributed by atoms with Crippen LogP contribution in [-0.2, 0) is 9.47 Å². The average Bonchev–Trinajstić information content (AvgIpc) is 2.46. The van der Waals surface area contributed by atoms with E-state index in [1.807, 2.05) is 7.11 Å². The Hall–Kier alpha value is -0.380. The second-order valence-corrected chi connectivity index (χ2v) is 6.10. The highest BCUT2D eigenvalue weighted by molar-refractivity contribution is 5.19. The first-order valence-electron chi connectivity index (χ1n) is 8.37. The summed E-state index contributed by atoms with van der Waals surface area (Å²) in [6.07, 6.45) is 12.4. The van der Waals surface area contributed by atoms with Gasteiger partial charge in [-0.05, 0) is 32.2 Å². The summed E-state index contributed by atoms with van der Waals surface area (Å²) in [5, 5.41) is 3.71. The molecule has 0 saturated carbocycles. The van der Waals surface area contributed by atoms with Crippen LogP contribution in [0, 0.1) is 0 Å². The molecule has 116 valence electrons. The van der Waals surface area contributed by atoms with Crippen molar-refractivity contribution in [1.29, 1.82) is 0 Å². The summed E-state index contributed by atoms with van der Waals surface area (Å²) < 4.78 is 11.6. The van der Waals surface area contributed by atoms with Crippen molar-refractivity contribution in [2.75, 3.05) is 26.9 Å². The highest BCUT2D eigenvalue weighted by Crippen LogP contribution is 2.34. The second-order valence-electron chi connectivity index (χ2n) is 6.10. The zero-order valence-electron chi connectivity index (χ0n) is 13.2. The van der Waals surface area contributed by atoms with E-state index >= 15 is 0 Å². The first kappa shape index (κ1) is 16.0. The van der Waals surface area contributed by atoms with Crippen LogP contribution in [0.3, 0.4) is 0 Å². The maximum Gasteiger partial charge on any atom is 0.0913 e. The molecule has 3 heteroatoms. The number of hydrogen-bond acceptors (Lipinski definition) is 3. The van der Waals surface area contributed by atoms with Crippen molar-refractivity contribution in [3.05, 3.63) is 11.6 Å². The Bertz CT molecular complexity index is 308. The van der Waals surface area contributed by atoms with E-state index in [9.17, 15) is 0 Å². The Morgan fingerprint density at radius 3 is 2.70 bits per heavy atom. The van der Waals surface area contributed by atoms with Crippen LogP contribution in [0.4, 0.5) is 0 Å². The van der Waals surface area contributed by atoms with Gasteiger partial charge in [-0.25, -0.2) is 0 Å². The van der Waals surface area contributed by atoms with Gasteiger partial charge in [-0.2, -0.15) is 0 Å². The van der Waals surface area contributed by atoms with Gasteiger partial charge in [0.2, 0.25) is 0 Å². The van der Waals surface area contributed by atoms with E-state index < -0.39 is 0 Å². The molecule has 3 nitrogen and oxygen atoms in total. The molecule has 20 heavy (non-hydrogen) atoms. The fraction of sp³-hybridized carbons (Fsp3) is 0.882. The molecule has 2 aliphatic rings. The molecule has 1 unspecified atom stereocenters. The summed E-state index contributed by atoms with van der Waals surface area (Å²) in [5.41, 5.74) is 1.51. The van der Waals surface area contributed by atoms with Crippen LogP contribution >= 0.6 is 0 Å². The summed E-state index contributed by atoms with van der Waals surface area (Å²) in [6, 6.07) is 0.361. The van der Waals surface area contributed by atoms with Gasteiger partial charge < -0.3 is 14.8 Å². The van der Waals surface area contributed by atoms with E-state index in [0.717, 1.165) is 32.6 Å². The van der Waals surface area contributed by atoms with Gasteiger partial charge in [0.05, 0.1) is 11.6 Å². The summed E-state index contributed by atoms with van der Waals surface area (Å²) in [6.45, 7) is 4.83. The molecule has 1 atom stereocenters.